The highest BCUT2D eigenvalue weighted by atomic mass is 32.1. The number of aromatic hydroxyl groups is 1. The number of hydrogen-bond acceptors (Lipinski definition) is 6. The van der Waals surface area contributed by atoms with Gasteiger partial charge in [-0.1, -0.05) is 0 Å². The molecular formula is C11H16O5S. The summed E-state index contributed by atoms with van der Waals surface area (Å²) in [6.07, 6.45) is -2.12. The maximum atomic E-state index is 9.83. The third-order valence-corrected chi connectivity index (χ3v) is 2.77. The van der Waals surface area contributed by atoms with Crippen molar-refractivity contribution in [1.82, 2.24) is 0 Å². The Morgan fingerprint density at radius 2 is 1.65 bits per heavy atom. The first kappa shape index (κ1) is 14.0. The van der Waals surface area contributed by atoms with Crippen molar-refractivity contribution >= 4 is 12.6 Å². The van der Waals surface area contributed by atoms with Crippen molar-refractivity contribution in [2.45, 2.75) is 12.2 Å². The number of rotatable bonds is 5. The summed E-state index contributed by atoms with van der Waals surface area (Å²) >= 11 is 3.90. The summed E-state index contributed by atoms with van der Waals surface area (Å²) in [5.74, 6) is 0.313. The molecule has 96 valence electrons. The Hall–Kier alpha value is -1.11. The summed E-state index contributed by atoms with van der Waals surface area (Å²) in [6, 6.07) is 2.88. The van der Waals surface area contributed by atoms with Gasteiger partial charge in [0.1, 0.15) is 6.10 Å². The molecule has 0 amide bonds. The summed E-state index contributed by atoms with van der Waals surface area (Å²) in [5, 5.41) is 29.0. The smallest absolute Gasteiger partial charge is 0.200 e. The zero-order valence-electron chi connectivity index (χ0n) is 9.62. The van der Waals surface area contributed by atoms with Gasteiger partial charge in [0.25, 0.3) is 0 Å². The summed E-state index contributed by atoms with van der Waals surface area (Å²) in [6.45, 7) is 0. The summed E-state index contributed by atoms with van der Waals surface area (Å²) in [7, 11) is 2.78. The molecule has 1 aromatic rings. The van der Waals surface area contributed by atoms with Gasteiger partial charge in [0.2, 0.25) is 5.75 Å². The highest BCUT2D eigenvalue weighted by Crippen LogP contribution is 2.39. The molecular weight excluding hydrogens is 244 g/mol. The van der Waals surface area contributed by atoms with Gasteiger partial charge in [-0.05, 0) is 17.7 Å². The van der Waals surface area contributed by atoms with Gasteiger partial charge in [0, 0.05) is 5.75 Å². The van der Waals surface area contributed by atoms with Gasteiger partial charge < -0.3 is 24.8 Å². The Balaban J connectivity index is 3.17. The van der Waals surface area contributed by atoms with Gasteiger partial charge in [0.15, 0.2) is 11.5 Å². The predicted molar refractivity (Wildman–Crippen MR) is 66.0 cm³/mol. The average Bonchev–Trinajstić information content (AvgIpc) is 2.37. The van der Waals surface area contributed by atoms with E-state index in [2.05, 4.69) is 12.6 Å². The molecule has 2 unspecified atom stereocenters. The number of benzene rings is 1. The summed E-state index contributed by atoms with van der Waals surface area (Å²) in [5.41, 5.74) is 0.387. The van der Waals surface area contributed by atoms with Crippen molar-refractivity contribution < 1.29 is 24.8 Å². The normalized spacial score (nSPS) is 14.2. The van der Waals surface area contributed by atoms with Gasteiger partial charge in [-0.15, -0.1) is 0 Å². The van der Waals surface area contributed by atoms with Crippen molar-refractivity contribution in [3.8, 4) is 17.2 Å². The molecule has 1 aromatic carbocycles. The van der Waals surface area contributed by atoms with E-state index in [-0.39, 0.29) is 23.0 Å². The quantitative estimate of drug-likeness (QED) is 0.587. The average molecular weight is 260 g/mol. The van der Waals surface area contributed by atoms with Gasteiger partial charge in [-0.2, -0.15) is 12.6 Å². The molecule has 0 saturated carbocycles. The van der Waals surface area contributed by atoms with Gasteiger partial charge in [0.05, 0.1) is 20.3 Å². The van der Waals surface area contributed by atoms with E-state index in [9.17, 15) is 15.3 Å². The molecule has 0 fully saturated rings. The second-order valence-corrected chi connectivity index (χ2v) is 3.83. The fourth-order valence-electron chi connectivity index (χ4n) is 1.41. The number of methoxy groups -OCH3 is 2. The number of hydrogen-bond donors (Lipinski definition) is 4. The fourth-order valence-corrected chi connectivity index (χ4v) is 1.61. The zero-order chi connectivity index (χ0) is 13.0. The number of phenolic OH excluding ortho intramolecular Hbond substituents is 1. The minimum atomic E-state index is -1.11. The highest BCUT2D eigenvalue weighted by Gasteiger charge is 2.21. The van der Waals surface area contributed by atoms with Crippen LogP contribution in [0, 0.1) is 0 Å². The first-order chi connectivity index (χ1) is 8.04. The number of ether oxygens (including phenoxy) is 2. The maximum absolute atomic E-state index is 9.83. The lowest BCUT2D eigenvalue weighted by Gasteiger charge is -2.18. The van der Waals surface area contributed by atoms with E-state index >= 15 is 0 Å². The van der Waals surface area contributed by atoms with E-state index in [0.717, 1.165) is 0 Å². The Kier molecular flexibility index (Phi) is 4.92. The van der Waals surface area contributed by atoms with Crippen LogP contribution < -0.4 is 9.47 Å². The number of thiol groups is 1. The Morgan fingerprint density at radius 1 is 1.18 bits per heavy atom. The van der Waals surface area contributed by atoms with Crippen LogP contribution in [0.4, 0.5) is 0 Å². The molecule has 0 aromatic heterocycles. The van der Waals surface area contributed by atoms with Crippen LogP contribution in [0.2, 0.25) is 0 Å². The predicted octanol–water partition coefficient (Wildman–Crippen LogP) is 0.733. The number of aliphatic hydroxyl groups excluding tert-OH is 2. The lowest BCUT2D eigenvalue weighted by atomic mass is 10.0. The number of phenols is 1. The maximum Gasteiger partial charge on any atom is 0.200 e. The zero-order valence-corrected chi connectivity index (χ0v) is 10.5. The molecule has 2 atom stereocenters. The number of aliphatic hydroxyl groups is 2. The van der Waals surface area contributed by atoms with Crippen LogP contribution in [0.5, 0.6) is 17.2 Å². The van der Waals surface area contributed by atoms with Gasteiger partial charge >= 0.3 is 0 Å². The Bertz CT molecular complexity index is 357. The second kappa shape index (κ2) is 6.00. The monoisotopic (exact) mass is 260 g/mol. The molecule has 0 heterocycles. The van der Waals surface area contributed by atoms with Gasteiger partial charge in [-0.3, -0.25) is 0 Å². The first-order valence-corrected chi connectivity index (χ1v) is 5.60. The van der Waals surface area contributed by atoms with Gasteiger partial charge in [-0.25, -0.2) is 0 Å². The van der Waals surface area contributed by atoms with Crippen molar-refractivity contribution in [1.29, 1.82) is 0 Å². The largest absolute Gasteiger partial charge is 0.502 e. The van der Waals surface area contributed by atoms with Crippen LogP contribution in [0.3, 0.4) is 0 Å². The second-order valence-electron chi connectivity index (χ2n) is 3.47. The minimum Gasteiger partial charge on any atom is -0.502 e. The third kappa shape index (κ3) is 2.96. The molecule has 0 radical (unpaired) electrons. The third-order valence-electron chi connectivity index (χ3n) is 2.40. The van der Waals surface area contributed by atoms with E-state index in [1.54, 1.807) is 0 Å². The van der Waals surface area contributed by atoms with Crippen molar-refractivity contribution in [3.05, 3.63) is 17.7 Å². The van der Waals surface area contributed by atoms with Crippen molar-refractivity contribution in [3.63, 3.8) is 0 Å². The molecule has 1 rings (SSSR count). The summed E-state index contributed by atoms with van der Waals surface area (Å²) < 4.78 is 9.90. The minimum absolute atomic E-state index is 0.118. The van der Waals surface area contributed by atoms with Crippen LogP contribution in [0.25, 0.3) is 0 Å². The molecule has 17 heavy (non-hydrogen) atoms. The molecule has 0 bridgehead atoms. The van der Waals surface area contributed by atoms with Crippen LogP contribution in [0.1, 0.15) is 11.7 Å². The van der Waals surface area contributed by atoms with E-state index in [1.807, 2.05) is 0 Å². The van der Waals surface area contributed by atoms with E-state index in [1.165, 1.54) is 26.4 Å². The summed E-state index contributed by atoms with van der Waals surface area (Å²) in [4.78, 5) is 0. The van der Waals surface area contributed by atoms with Crippen LogP contribution in [-0.4, -0.2) is 41.4 Å². The van der Waals surface area contributed by atoms with Crippen molar-refractivity contribution in [2.24, 2.45) is 0 Å². The van der Waals surface area contributed by atoms with Crippen LogP contribution in [0.15, 0.2) is 12.1 Å². The molecule has 0 aliphatic rings. The lowest BCUT2D eigenvalue weighted by molar-refractivity contribution is 0.0334. The van der Waals surface area contributed by atoms with Crippen LogP contribution >= 0.6 is 12.6 Å². The first-order valence-electron chi connectivity index (χ1n) is 4.97. The molecule has 5 nitrogen and oxygen atoms in total. The molecule has 3 N–H and O–H groups in total. The highest BCUT2D eigenvalue weighted by molar-refractivity contribution is 7.80. The molecule has 0 aliphatic carbocycles. The molecule has 6 heteroatoms. The molecule has 0 aliphatic heterocycles. The topological polar surface area (TPSA) is 79.2 Å². The van der Waals surface area contributed by atoms with Crippen LogP contribution in [-0.2, 0) is 0 Å². The SMILES string of the molecule is COc1cc(C(O)C(O)CS)cc(OC)c1O. The standard InChI is InChI=1S/C11H16O5S/c1-15-8-3-6(10(13)7(12)5-17)4-9(16-2)11(8)14/h3-4,7,10,12-14,17H,5H2,1-2H3. The van der Waals surface area contributed by atoms with E-state index in [4.69, 9.17) is 9.47 Å². The van der Waals surface area contributed by atoms with E-state index in [0.29, 0.717) is 5.56 Å². The van der Waals surface area contributed by atoms with Crippen molar-refractivity contribution in [2.75, 3.05) is 20.0 Å². The molecule has 0 saturated heterocycles. The lowest BCUT2D eigenvalue weighted by Crippen LogP contribution is -2.19. The Morgan fingerprint density at radius 3 is 2.00 bits per heavy atom. The Labute approximate surface area is 105 Å². The van der Waals surface area contributed by atoms with E-state index < -0.39 is 12.2 Å². The molecule has 0 spiro atoms. The fraction of sp³-hybridized carbons (Fsp3) is 0.455.